The van der Waals surface area contributed by atoms with Gasteiger partial charge in [-0.1, -0.05) is 13.8 Å². The van der Waals surface area contributed by atoms with Gasteiger partial charge in [0.25, 0.3) is 0 Å². The van der Waals surface area contributed by atoms with Crippen LogP contribution in [-0.2, 0) is 9.53 Å². The first-order chi connectivity index (χ1) is 8.22. The summed E-state index contributed by atoms with van der Waals surface area (Å²) in [6, 6.07) is 0.579. The lowest BCUT2D eigenvalue weighted by Gasteiger charge is -2.28. The molecule has 0 bridgehead atoms. The Labute approximate surface area is 112 Å². The molecule has 4 nitrogen and oxygen atoms in total. The van der Waals surface area contributed by atoms with E-state index in [4.69, 9.17) is 5.73 Å². The number of carbonyl (C=O) groups is 1. The highest BCUT2D eigenvalue weighted by molar-refractivity contribution is 5.79. The molecule has 0 aromatic rings. The van der Waals surface area contributed by atoms with E-state index < -0.39 is 5.54 Å². The van der Waals surface area contributed by atoms with Crippen LogP contribution in [0.1, 0.15) is 47.0 Å². The quantitative estimate of drug-likeness (QED) is 0.534. The van der Waals surface area contributed by atoms with E-state index in [0.29, 0.717) is 18.4 Å². The van der Waals surface area contributed by atoms with Crippen LogP contribution in [0.4, 0.5) is 0 Å². The third kappa shape index (κ3) is 5.83. The van der Waals surface area contributed by atoms with Crippen LogP contribution >= 0.6 is 0 Å². The van der Waals surface area contributed by atoms with Crippen molar-refractivity contribution in [3.05, 3.63) is 0 Å². The second-order valence-electron chi connectivity index (χ2n) is 5.83. The van der Waals surface area contributed by atoms with Crippen molar-refractivity contribution in [2.45, 2.75) is 58.5 Å². The number of ether oxygens (including phenoxy) is 1. The molecule has 2 unspecified atom stereocenters. The number of esters is 1. The van der Waals surface area contributed by atoms with Crippen LogP contribution < -0.4 is 5.73 Å². The van der Waals surface area contributed by atoms with Gasteiger partial charge in [0.05, 0.1) is 7.11 Å². The molecule has 0 spiro atoms. The monoisotopic (exact) mass is 258 g/mol. The van der Waals surface area contributed by atoms with Crippen molar-refractivity contribution >= 4 is 5.97 Å². The van der Waals surface area contributed by atoms with Crippen LogP contribution in [0, 0.1) is 5.92 Å². The minimum Gasteiger partial charge on any atom is -0.468 e. The zero-order valence-electron chi connectivity index (χ0n) is 12.8. The summed E-state index contributed by atoms with van der Waals surface area (Å²) < 4.78 is 4.69. The summed E-state index contributed by atoms with van der Waals surface area (Å²) in [5.41, 5.74) is 5.06. The second-order valence-corrected chi connectivity index (χ2v) is 5.83. The molecule has 2 atom stereocenters. The molecule has 0 rings (SSSR count). The molecule has 0 radical (unpaired) electrons. The maximum Gasteiger partial charge on any atom is 0.325 e. The standard InChI is InChI=1S/C14H30N2O2/c1-11(2)12(3)16(5)10-8-7-9-14(4,15)13(17)18-6/h11-12H,7-10,15H2,1-6H3. The Hall–Kier alpha value is -0.610. The SMILES string of the molecule is COC(=O)C(C)(N)CCCCN(C)C(C)C(C)C. The Morgan fingerprint density at radius 3 is 2.33 bits per heavy atom. The molecule has 0 aromatic heterocycles. The van der Waals surface area contributed by atoms with Crippen LogP contribution in [0.5, 0.6) is 0 Å². The molecule has 108 valence electrons. The van der Waals surface area contributed by atoms with E-state index in [2.05, 4.69) is 37.5 Å². The summed E-state index contributed by atoms with van der Waals surface area (Å²) >= 11 is 0. The number of nitrogens with two attached hydrogens (primary N) is 1. The molecular weight excluding hydrogens is 228 g/mol. The van der Waals surface area contributed by atoms with Gasteiger partial charge < -0.3 is 15.4 Å². The van der Waals surface area contributed by atoms with Crippen molar-refractivity contribution in [2.75, 3.05) is 20.7 Å². The Morgan fingerprint density at radius 2 is 1.89 bits per heavy atom. The van der Waals surface area contributed by atoms with E-state index in [0.717, 1.165) is 19.4 Å². The maximum absolute atomic E-state index is 11.4. The van der Waals surface area contributed by atoms with Gasteiger partial charge in [-0.2, -0.15) is 0 Å². The number of rotatable bonds is 8. The average Bonchev–Trinajstić information content (AvgIpc) is 2.31. The number of hydrogen-bond acceptors (Lipinski definition) is 4. The van der Waals surface area contributed by atoms with Crippen molar-refractivity contribution in [1.82, 2.24) is 4.90 Å². The molecule has 2 N–H and O–H groups in total. The van der Waals surface area contributed by atoms with E-state index in [1.54, 1.807) is 6.92 Å². The van der Waals surface area contributed by atoms with Gasteiger partial charge in [-0.3, -0.25) is 4.79 Å². The van der Waals surface area contributed by atoms with Crippen molar-refractivity contribution in [2.24, 2.45) is 11.7 Å². The maximum atomic E-state index is 11.4. The first-order valence-corrected chi connectivity index (χ1v) is 6.80. The van der Waals surface area contributed by atoms with Gasteiger partial charge in [0.2, 0.25) is 0 Å². The summed E-state index contributed by atoms with van der Waals surface area (Å²) in [5.74, 6) is 0.330. The molecule has 0 saturated heterocycles. The molecule has 0 aromatic carbocycles. The fourth-order valence-corrected chi connectivity index (χ4v) is 1.90. The first kappa shape index (κ1) is 17.4. The predicted octanol–water partition coefficient (Wildman–Crippen LogP) is 2.02. The third-order valence-corrected chi connectivity index (χ3v) is 3.77. The van der Waals surface area contributed by atoms with E-state index in [1.807, 2.05) is 0 Å². The lowest BCUT2D eigenvalue weighted by molar-refractivity contribution is -0.146. The smallest absolute Gasteiger partial charge is 0.325 e. The second kappa shape index (κ2) is 7.74. The Balaban J connectivity index is 3.90. The van der Waals surface area contributed by atoms with Gasteiger partial charge in [0, 0.05) is 6.04 Å². The highest BCUT2D eigenvalue weighted by Crippen LogP contribution is 2.14. The number of hydrogen-bond donors (Lipinski definition) is 1. The van der Waals surface area contributed by atoms with Crippen molar-refractivity contribution in [3.8, 4) is 0 Å². The van der Waals surface area contributed by atoms with Crippen molar-refractivity contribution in [3.63, 3.8) is 0 Å². The highest BCUT2D eigenvalue weighted by Gasteiger charge is 2.28. The van der Waals surface area contributed by atoms with Gasteiger partial charge in [-0.05, 0) is 52.6 Å². The zero-order chi connectivity index (χ0) is 14.3. The van der Waals surface area contributed by atoms with E-state index in [9.17, 15) is 4.79 Å². The molecule has 18 heavy (non-hydrogen) atoms. The average molecular weight is 258 g/mol. The van der Waals surface area contributed by atoms with Gasteiger partial charge in [-0.25, -0.2) is 0 Å². The minimum absolute atomic E-state index is 0.327. The molecular formula is C14H30N2O2. The number of nitrogens with zero attached hydrogens (tertiary/aromatic N) is 1. The molecule has 0 amide bonds. The molecule has 0 aliphatic carbocycles. The summed E-state index contributed by atoms with van der Waals surface area (Å²) in [7, 11) is 3.53. The van der Waals surface area contributed by atoms with E-state index in [1.165, 1.54) is 7.11 Å². The third-order valence-electron chi connectivity index (χ3n) is 3.77. The lowest BCUT2D eigenvalue weighted by atomic mass is 9.96. The van der Waals surface area contributed by atoms with Crippen molar-refractivity contribution in [1.29, 1.82) is 0 Å². The predicted molar refractivity (Wildman–Crippen MR) is 75.4 cm³/mol. The molecule has 4 heteroatoms. The van der Waals surface area contributed by atoms with Crippen LogP contribution in [0.25, 0.3) is 0 Å². The van der Waals surface area contributed by atoms with Gasteiger partial charge in [0.15, 0.2) is 0 Å². The highest BCUT2D eigenvalue weighted by atomic mass is 16.5. The molecule has 0 fully saturated rings. The lowest BCUT2D eigenvalue weighted by Crippen LogP contribution is -2.45. The van der Waals surface area contributed by atoms with Gasteiger partial charge >= 0.3 is 5.97 Å². The Kier molecular flexibility index (Phi) is 7.48. The summed E-state index contributed by atoms with van der Waals surface area (Å²) in [5, 5.41) is 0. The summed E-state index contributed by atoms with van der Waals surface area (Å²) in [6.07, 6.45) is 2.66. The number of methoxy groups -OCH3 is 1. The molecule has 0 aliphatic rings. The van der Waals surface area contributed by atoms with E-state index >= 15 is 0 Å². The topological polar surface area (TPSA) is 55.6 Å². The Bertz CT molecular complexity index is 252. The fourth-order valence-electron chi connectivity index (χ4n) is 1.90. The van der Waals surface area contributed by atoms with Crippen LogP contribution in [0.3, 0.4) is 0 Å². The van der Waals surface area contributed by atoms with Crippen LogP contribution in [0.15, 0.2) is 0 Å². The van der Waals surface area contributed by atoms with Gasteiger partial charge in [-0.15, -0.1) is 0 Å². The van der Waals surface area contributed by atoms with E-state index in [-0.39, 0.29) is 5.97 Å². The first-order valence-electron chi connectivity index (χ1n) is 6.80. The Morgan fingerprint density at radius 1 is 1.33 bits per heavy atom. The summed E-state index contributed by atoms with van der Waals surface area (Å²) in [6.45, 7) is 9.48. The van der Waals surface area contributed by atoms with Gasteiger partial charge in [0.1, 0.15) is 5.54 Å². The minimum atomic E-state index is -0.850. The number of unbranched alkanes of at least 4 members (excludes halogenated alkanes) is 1. The molecule has 0 aliphatic heterocycles. The fraction of sp³-hybridized carbons (Fsp3) is 0.929. The summed E-state index contributed by atoms with van der Waals surface area (Å²) in [4.78, 5) is 13.8. The largest absolute Gasteiger partial charge is 0.468 e. The van der Waals surface area contributed by atoms with Crippen molar-refractivity contribution < 1.29 is 9.53 Å². The van der Waals surface area contributed by atoms with Crippen LogP contribution in [-0.4, -0.2) is 43.2 Å². The molecule has 0 heterocycles. The number of carbonyl (C=O) groups excluding carboxylic acids is 1. The molecule has 0 saturated carbocycles. The zero-order valence-corrected chi connectivity index (χ0v) is 12.8. The normalized spacial score (nSPS) is 16.7. The van der Waals surface area contributed by atoms with Crippen LogP contribution in [0.2, 0.25) is 0 Å².